The van der Waals surface area contributed by atoms with Crippen molar-refractivity contribution in [1.29, 1.82) is 0 Å². The third-order valence-electron chi connectivity index (χ3n) is 3.06. The molecule has 2 rings (SSSR count). The summed E-state index contributed by atoms with van der Waals surface area (Å²) >= 11 is 3.43. The van der Waals surface area contributed by atoms with Crippen LogP contribution in [0.15, 0.2) is 46.9 Å². The second-order valence-corrected chi connectivity index (χ2v) is 5.84. The summed E-state index contributed by atoms with van der Waals surface area (Å²) in [6.07, 6.45) is 0. The van der Waals surface area contributed by atoms with Gasteiger partial charge in [0.2, 0.25) is 0 Å². The van der Waals surface area contributed by atoms with Crippen LogP contribution < -0.4 is 0 Å². The van der Waals surface area contributed by atoms with Crippen LogP contribution in [-0.4, -0.2) is 23.0 Å². The van der Waals surface area contributed by atoms with Crippen molar-refractivity contribution in [1.82, 2.24) is 4.90 Å². The first-order valence-electron chi connectivity index (χ1n) is 6.40. The Bertz CT molecular complexity index is 660. The number of carboxylic acids is 1. The minimum Gasteiger partial charge on any atom is -0.478 e. The average Bonchev–Trinajstić information content (AvgIpc) is 2.40. The standard InChI is InChI=1S/C16H15BrFNO2/c1-19(9-11-3-2-4-13(17)7-11)10-12-5-6-15(18)14(8-12)16(20)21/h2-8H,9-10H2,1H3,(H,20,21). The van der Waals surface area contributed by atoms with Crippen molar-refractivity contribution in [3.05, 3.63) is 69.4 Å². The molecule has 0 heterocycles. The molecule has 0 aliphatic heterocycles. The van der Waals surface area contributed by atoms with Crippen molar-refractivity contribution in [2.45, 2.75) is 13.1 Å². The van der Waals surface area contributed by atoms with E-state index in [0.29, 0.717) is 6.54 Å². The van der Waals surface area contributed by atoms with Crippen molar-refractivity contribution in [2.24, 2.45) is 0 Å². The Morgan fingerprint density at radius 2 is 1.86 bits per heavy atom. The quantitative estimate of drug-likeness (QED) is 0.887. The third-order valence-corrected chi connectivity index (χ3v) is 3.55. The van der Waals surface area contributed by atoms with E-state index in [1.165, 1.54) is 12.1 Å². The van der Waals surface area contributed by atoms with Gasteiger partial charge >= 0.3 is 5.97 Å². The number of aromatic carboxylic acids is 1. The SMILES string of the molecule is CN(Cc1cccc(Br)c1)Cc1ccc(F)c(C(=O)O)c1. The molecule has 0 aromatic heterocycles. The summed E-state index contributed by atoms with van der Waals surface area (Å²) in [6, 6.07) is 12.2. The first-order chi connectivity index (χ1) is 9.95. The van der Waals surface area contributed by atoms with E-state index in [-0.39, 0.29) is 5.56 Å². The number of nitrogens with zero attached hydrogens (tertiary/aromatic N) is 1. The van der Waals surface area contributed by atoms with Gasteiger partial charge in [-0.2, -0.15) is 0 Å². The summed E-state index contributed by atoms with van der Waals surface area (Å²) in [7, 11) is 1.94. The van der Waals surface area contributed by atoms with Gasteiger partial charge < -0.3 is 5.11 Å². The lowest BCUT2D eigenvalue weighted by Crippen LogP contribution is -2.17. The van der Waals surface area contributed by atoms with Gasteiger partial charge in [0.25, 0.3) is 0 Å². The number of hydrogen-bond donors (Lipinski definition) is 1. The summed E-state index contributed by atoms with van der Waals surface area (Å²) < 4.78 is 14.4. The van der Waals surface area contributed by atoms with E-state index in [9.17, 15) is 9.18 Å². The van der Waals surface area contributed by atoms with Crippen molar-refractivity contribution in [2.75, 3.05) is 7.05 Å². The Morgan fingerprint density at radius 3 is 2.48 bits per heavy atom. The van der Waals surface area contributed by atoms with Crippen LogP contribution in [0.2, 0.25) is 0 Å². The zero-order chi connectivity index (χ0) is 15.4. The van der Waals surface area contributed by atoms with E-state index < -0.39 is 11.8 Å². The van der Waals surface area contributed by atoms with Gasteiger partial charge in [0, 0.05) is 17.6 Å². The first-order valence-corrected chi connectivity index (χ1v) is 7.19. The molecule has 1 N–H and O–H groups in total. The monoisotopic (exact) mass is 351 g/mol. The maximum Gasteiger partial charge on any atom is 0.338 e. The second-order valence-electron chi connectivity index (χ2n) is 4.92. The van der Waals surface area contributed by atoms with Crippen LogP contribution in [0.5, 0.6) is 0 Å². The fourth-order valence-corrected chi connectivity index (χ4v) is 2.60. The highest BCUT2D eigenvalue weighted by Crippen LogP contribution is 2.16. The predicted molar refractivity (Wildman–Crippen MR) is 82.7 cm³/mol. The molecule has 0 saturated heterocycles. The van der Waals surface area contributed by atoms with Crippen molar-refractivity contribution in [3.63, 3.8) is 0 Å². The molecular weight excluding hydrogens is 337 g/mol. The molecule has 0 amide bonds. The van der Waals surface area contributed by atoms with Gasteiger partial charge in [0.1, 0.15) is 5.82 Å². The van der Waals surface area contributed by atoms with Crippen LogP contribution in [0.4, 0.5) is 4.39 Å². The van der Waals surface area contributed by atoms with Crippen LogP contribution >= 0.6 is 15.9 Å². The second kappa shape index (κ2) is 6.83. The van der Waals surface area contributed by atoms with Crippen LogP contribution in [0.25, 0.3) is 0 Å². The summed E-state index contributed by atoms with van der Waals surface area (Å²) in [5, 5.41) is 8.93. The largest absolute Gasteiger partial charge is 0.478 e. The topological polar surface area (TPSA) is 40.5 Å². The molecule has 2 aromatic rings. The van der Waals surface area contributed by atoms with Crippen molar-refractivity contribution >= 4 is 21.9 Å². The first kappa shape index (κ1) is 15.7. The highest BCUT2D eigenvalue weighted by molar-refractivity contribution is 9.10. The fraction of sp³-hybridized carbons (Fsp3) is 0.188. The van der Waals surface area contributed by atoms with Crippen LogP contribution in [0.3, 0.4) is 0 Å². The Labute approximate surface area is 131 Å². The summed E-state index contributed by atoms with van der Waals surface area (Å²) in [5.41, 5.74) is 1.63. The van der Waals surface area contributed by atoms with E-state index in [0.717, 1.165) is 22.1 Å². The molecular formula is C16H15BrFNO2. The zero-order valence-corrected chi connectivity index (χ0v) is 13.1. The molecule has 2 aromatic carbocycles. The Hall–Kier alpha value is -1.72. The fourth-order valence-electron chi connectivity index (χ4n) is 2.15. The zero-order valence-electron chi connectivity index (χ0n) is 11.5. The Balaban J connectivity index is 2.07. The van der Waals surface area contributed by atoms with E-state index in [4.69, 9.17) is 5.11 Å². The van der Waals surface area contributed by atoms with E-state index in [1.54, 1.807) is 6.07 Å². The van der Waals surface area contributed by atoms with Gasteiger partial charge in [0.05, 0.1) is 5.56 Å². The minimum atomic E-state index is -1.25. The molecule has 0 aliphatic carbocycles. The number of benzene rings is 2. The lowest BCUT2D eigenvalue weighted by Gasteiger charge is -2.17. The lowest BCUT2D eigenvalue weighted by atomic mass is 10.1. The highest BCUT2D eigenvalue weighted by Gasteiger charge is 2.11. The maximum atomic E-state index is 13.3. The van der Waals surface area contributed by atoms with Crippen LogP contribution in [0.1, 0.15) is 21.5 Å². The minimum absolute atomic E-state index is 0.289. The molecule has 0 aliphatic rings. The van der Waals surface area contributed by atoms with E-state index in [2.05, 4.69) is 15.9 Å². The molecule has 0 radical (unpaired) electrons. The summed E-state index contributed by atoms with van der Waals surface area (Å²) in [6.45, 7) is 1.27. The van der Waals surface area contributed by atoms with Gasteiger partial charge in [0.15, 0.2) is 0 Å². The lowest BCUT2D eigenvalue weighted by molar-refractivity contribution is 0.0691. The third kappa shape index (κ3) is 4.37. The average molecular weight is 352 g/mol. The highest BCUT2D eigenvalue weighted by atomic mass is 79.9. The summed E-state index contributed by atoms with van der Waals surface area (Å²) in [5.74, 6) is -1.95. The number of carbonyl (C=O) groups is 1. The van der Waals surface area contributed by atoms with Crippen molar-refractivity contribution < 1.29 is 14.3 Å². The van der Waals surface area contributed by atoms with Crippen LogP contribution in [0, 0.1) is 5.82 Å². The van der Waals surface area contributed by atoms with Gasteiger partial charge in [-0.1, -0.05) is 34.1 Å². The molecule has 0 saturated carbocycles. The van der Waals surface area contributed by atoms with Crippen molar-refractivity contribution in [3.8, 4) is 0 Å². The van der Waals surface area contributed by atoms with E-state index >= 15 is 0 Å². The van der Waals surface area contributed by atoms with Gasteiger partial charge in [-0.25, -0.2) is 9.18 Å². The smallest absolute Gasteiger partial charge is 0.338 e. The molecule has 0 atom stereocenters. The van der Waals surface area contributed by atoms with E-state index in [1.807, 2.05) is 36.2 Å². The molecule has 0 spiro atoms. The van der Waals surface area contributed by atoms with Gasteiger partial charge in [-0.05, 0) is 42.4 Å². The number of halogens is 2. The molecule has 21 heavy (non-hydrogen) atoms. The molecule has 5 heteroatoms. The number of carboxylic acid groups (broad SMARTS) is 1. The van der Waals surface area contributed by atoms with Gasteiger partial charge in [-0.15, -0.1) is 0 Å². The Morgan fingerprint density at radius 1 is 1.19 bits per heavy atom. The Kier molecular flexibility index (Phi) is 5.09. The molecule has 3 nitrogen and oxygen atoms in total. The van der Waals surface area contributed by atoms with Crippen LogP contribution in [-0.2, 0) is 13.1 Å². The molecule has 110 valence electrons. The molecule has 0 bridgehead atoms. The maximum absolute atomic E-state index is 13.3. The number of rotatable bonds is 5. The summed E-state index contributed by atoms with van der Waals surface area (Å²) in [4.78, 5) is 13.0. The normalized spacial score (nSPS) is 10.9. The predicted octanol–water partition coefficient (Wildman–Crippen LogP) is 3.92. The molecule has 0 fully saturated rings. The number of hydrogen-bond acceptors (Lipinski definition) is 2. The van der Waals surface area contributed by atoms with Gasteiger partial charge in [-0.3, -0.25) is 4.90 Å². The molecule has 0 unspecified atom stereocenters.